The SMILES string of the molecule is C=CC(=O)N(c1ccc(Cl)c(Cl)c1)c1ncnc2cc(OC)c(OCCCN3CCOCC3)cc12. The minimum atomic E-state index is -0.382. The first-order chi connectivity index (χ1) is 17.0. The first-order valence-electron chi connectivity index (χ1n) is 11.2. The highest BCUT2D eigenvalue weighted by molar-refractivity contribution is 6.42. The molecule has 10 heteroatoms. The molecule has 0 saturated carbocycles. The third-order valence-electron chi connectivity index (χ3n) is 5.65. The van der Waals surface area contributed by atoms with Crippen molar-refractivity contribution in [3.63, 3.8) is 0 Å². The Morgan fingerprint density at radius 2 is 1.97 bits per heavy atom. The molecule has 4 rings (SSSR count). The van der Waals surface area contributed by atoms with Gasteiger partial charge in [0.15, 0.2) is 17.3 Å². The van der Waals surface area contributed by atoms with Gasteiger partial charge in [0.05, 0.1) is 48.2 Å². The lowest BCUT2D eigenvalue weighted by molar-refractivity contribution is -0.113. The van der Waals surface area contributed by atoms with Gasteiger partial charge in [0.25, 0.3) is 5.91 Å². The Hall–Kier alpha value is -2.91. The van der Waals surface area contributed by atoms with Gasteiger partial charge >= 0.3 is 0 Å². The number of rotatable bonds is 9. The Labute approximate surface area is 214 Å². The number of methoxy groups -OCH3 is 1. The highest BCUT2D eigenvalue weighted by Crippen LogP contribution is 2.38. The number of benzene rings is 2. The molecule has 0 bridgehead atoms. The van der Waals surface area contributed by atoms with Crippen molar-refractivity contribution in [1.82, 2.24) is 14.9 Å². The van der Waals surface area contributed by atoms with Crippen LogP contribution in [0, 0.1) is 0 Å². The van der Waals surface area contributed by atoms with E-state index in [1.807, 2.05) is 0 Å². The molecule has 0 unspecified atom stereocenters. The minimum Gasteiger partial charge on any atom is -0.493 e. The summed E-state index contributed by atoms with van der Waals surface area (Å²) in [6.07, 6.45) is 3.45. The Kier molecular flexibility index (Phi) is 8.41. The third kappa shape index (κ3) is 5.85. The molecule has 8 nitrogen and oxygen atoms in total. The predicted molar refractivity (Wildman–Crippen MR) is 137 cm³/mol. The molecule has 1 amide bonds. The van der Waals surface area contributed by atoms with Crippen molar-refractivity contribution < 1.29 is 19.0 Å². The van der Waals surface area contributed by atoms with E-state index in [1.54, 1.807) is 37.4 Å². The van der Waals surface area contributed by atoms with Crippen LogP contribution in [0.3, 0.4) is 0 Å². The highest BCUT2D eigenvalue weighted by atomic mass is 35.5. The molecule has 0 N–H and O–H groups in total. The van der Waals surface area contributed by atoms with Gasteiger partial charge < -0.3 is 14.2 Å². The first-order valence-corrected chi connectivity index (χ1v) is 11.9. The number of anilines is 2. The van der Waals surface area contributed by atoms with Gasteiger partial charge in [-0.05, 0) is 36.8 Å². The van der Waals surface area contributed by atoms with Gasteiger partial charge in [-0.25, -0.2) is 9.97 Å². The Balaban J connectivity index is 1.66. The average Bonchev–Trinajstić information content (AvgIpc) is 2.89. The monoisotopic (exact) mass is 516 g/mol. The number of morpholine rings is 1. The van der Waals surface area contributed by atoms with E-state index in [2.05, 4.69) is 21.4 Å². The molecule has 1 aliphatic rings. The fourth-order valence-electron chi connectivity index (χ4n) is 3.87. The number of amides is 1. The smallest absolute Gasteiger partial charge is 0.256 e. The third-order valence-corrected chi connectivity index (χ3v) is 6.39. The minimum absolute atomic E-state index is 0.315. The predicted octanol–water partition coefficient (Wildman–Crippen LogP) is 4.90. The maximum Gasteiger partial charge on any atom is 0.256 e. The molecule has 0 radical (unpaired) electrons. The molecule has 0 aliphatic carbocycles. The van der Waals surface area contributed by atoms with Crippen molar-refractivity contribution in [3.8, 4) is 11.5 Å². The van der Waals surface area contributed by atoms with Crippen LogP contribution in [-0.4, -0.2) is 67.3 Å². The highest BCUT2D eigenvalue weighted by Gasteiger charge is 2.22. The molecule has 1 saturated heterocycles. The van der Waals surface area contributed by atoms with Crippen molar-refractivity contribution in [1.29, 1.82) is 0 Å². The molecule has 2 aromatic carbocycles. The van der Waals surface area contributed by atoms with Crippen molar-refractivity contribution in [2.24, 2.45) is 0 Å². The number of fused-ring (bicyclic) bond motifs is 1. The number of aromatic nitrogens is 2. The first kappa shape index (κ1) is 25.2. The summed E-state index contributed by atoms with van der Waals surface area (Å²) in [5.41, 5.74) is 1.09. The van der Waals surface area contributed by atoms with Crippen molar-refractivity contribution in [3.05, 3.63) is 59.4 Å². The number of hydrogen-bond donors (Lipinski definition) is 0. The topological polar surface area (TPSA) is 77.0 Å². The van der Waals surface area contributed by atoms with E-state index in [0.29, 0.717) is 50.6 Å². The number of hydrogen-bond acceptors (Lipinski definition) is 7. The van der Waals surface area contributed by atoms with E-state index >= 15 is 0 Å². The van der Waals surface area contributed by atoms with E-state index in [9.17, 15) is 4.79 Å². The summed E-state index contributed by atoms with van der Waals surface area (Å²) in [5, 5.41) is 1.31. The second-order valence-electron chi connectivity index (χ2n) is 7.85. The number of nitrogens with zero attached hydrogens (tertiary/aromatic N) is 4. The molecular weight excluding hydrogens is 491 g/mol. The van der Waals surface area contributed by atoms with Gasteiger partial charge in [-0.15, -0.1) is 0 Å². The Bertz CT molecular complexity index is 1220. The van der Waals surface area contributed by atoms with Gasteiger partial charge in [0, 0.05) is 31.1 Å². The van der Waals surface area contributed by atoms with Crippen molar-refractivity contribution >= 4 is 51.5 Å². The molecule has 1 fully saturated rings. The molecule has 35 heavy (non-hydrogen) atoms. The summed E-state index contributed by atoms with van der Waals surface area (Å²) < 4.78 is 17.0. The van der Waals surface area contributed by atoms with Gasteiger partial charge in [-0.3, -0.25) is 14.6 Å². The van der Waals surface area contributed by atoms with Crippen LogP contribution in [0.5, 0.6) is 11.5 Å². The summed E-state index contributed by atoms with van der Waals surface area (Å²) >= 11 is 12.3. The van der Waals surface area contributed by atoms with Crippen LogP contribution in [-0.2, 0) is 9.53 Å². The molecule has 0 atom stereocenters. The maximum atomic E-state index is 12.9. The molecule has 1 aliphatic heterocycles. The van der Waals surface area contributed by atoms with Crippen LogP contribution in [0.15, 0.2) is 49.3 Å². The van der Waals surface area contributed by atoms with Crippen molar-refractivity contribution in [2.45, 2.75) is 6.42 Å². The largest absolute Gasteiger partial charge is 0.493 e. The lowest BCUT2D eigenvalue weighted by Crippen LogP contribution is -2.37. The molecule has 1 aromatic heterocycles. The van der Waals surface area contributed by atoms with Crippen LogP contribution >= 0.6 is 23.2 Å². The zero-order valence-electron chi connectivity index (χ0n) is 19.4. The second kappa shape index (κ2) is 11.7. The number of ether oxygens (including phenoxy) is 3. The summed E-state index contributed by atoms with van der Waals surface area (Å²) in [6.45, 7) is 8.46. The summed E-state index contributed by atoms with van der Waals surface area (Å²) in [4.78, 5) is 25.5. The van der Waals surface area contributed by atoms with E-state index in [-0.39, 0.29) is 5.91 Å². The van der Waals surface area contributed by atoms with Gasteiger partial charge in [-0.1, -0.05) is 29.8 Å². The Morgan fingerprint density at radius 1 is 1.17 bits per heavy atom. The zero-order chi connectivity index (χ0) is 24.8. The van der Waals surface area contributed by atoms with E-state index in [1.165, 1.54) is 17.3 Å². The van der Waals surface area contributed by atoms with Gasteiger partial charge in [-0.2, -0.15) is 0 Å². The number of carbonyl (C=O) groups is 1. The molecule has 184 valence electrons. The number of halogens is 2. The standard InChI is InChI=1S/C25H26Cl2N4O4/c1-3-24(32)31(17-5-6-19(26)20(27)13-17)25-18-14-23(22(33-2)15-21(18)28-16-29-25)35-10-4-7-30-8-11-34-12-9-30/h3,5-6,13-16H,1,4,7-12H2,2H3. The molecular formula is C25H26Cl2N4O4. The summed E-state index contributed by atoms with van der Waals surface area (Å²) in [5.74, 6) is 1.06. The van der Waals surface area contributed by atoms with Crippen LogP contribution in [0.25, 0.3) is 10.9 Å². The van der Waals surface area contributed by atoms with Gasteiger partial charge in [0.1, 0.15) is 6.33 Å². The summed E-state index contributed by atoms with van der Waals surface area (Å²) in [6, 6.07) is 8.47. The summed E-state index contributed by atoms with van der Waals surface area (Å²) in [7, 11) is 1.58. The lowest BCUT2D eigenvalue weighted by atomic mass is 10.1. The van der Waals surface area contributed by atoms with E-state index in [0.717, 1.165) is 39.3 Å². The average molecular weight is 517 g/mol. The second-order valence-corrected chi connectivity index (χ2v) is 8.66. The maximum absolute atomic E-state index is 12.9. The van der Waals surface area contributed by atoms with Crippen LogP contribution in [0.4, 0.5) is 11.5 Å². The fourth-order valence-corrected chi connectivity index (χ4v) is 4.16. The normalized spacial score (nSPS) is 14.0. The van der Waals surface area contributed by atoms with Crippen LogP contribution in [0.1, 0.15) is 6.42 Å². The zero-order valence-corrected chi connectivity index (χ0v) is 20.9. The van der Waals surface area contributed by atoms with Crippen LogP contribution in [0.2, 0.25) is 10.0 Å². The van der Waals surface area contributed by atoms with Crippen LogP contribution < -0.4 is 14.4 Å². The Morgan fingerprint density at radius 3 is 2.69 bits per heavy atom. The lowest BCUT2D eigenvalue weighted by Gasteiger charge is -2.26. The fraction of sp³-hybridized carbons (Fsp3) is 0.320. The molecule has 3 aromatic rings. The molecule has 2 heterocycles. The van der Waals surface area contributed by atoms with E-state index < -0.39 is 0 Å². The molecule has 0 spiro atoms. The van der Waals surface area contributed by atoms with Gasteiger partial charge in [0.2, 0.25) is 0 Å². The quantitative estimate of drug-likeness (QED) is 0.295. The van der Waals surface area contributed by atoms with Crippen molar-refractivity contribution in [2.75, 3.05) is 51.5 Å². The number of carbonyl (C=O) groups excluding carboxylic acids is 1. The van der Waals surface area contributed by atoms with E-state index in [4.69, 9.17) is 37.4 Å².